The summed E-state index contributed by atoms with van der Waals surface area (Å²) in [5.74, 6) is 0.840. The Kier molecular flexibility index (Phi) is 2.21. The van der Waals surface area contributed by atoms with Crippen LogP contribution in [0.15, 0.2) is 30.6 Å². The van der Waals surface area contributed by atoms with E-state index >= 15 is 0 Å². The third-order valence-electron chi connectivity index (χ3n) is 3.70. The maximum atomic E-state index is 13.3. The number of fused-ring (bicyclic) bond motifs is 3. The summed E-state index contributed by atoms with van der Waals surface area (Å²) in [7, 11) is 0. The Morgan fingerprint density at radius 1 is 1.26 bits per heavy atom. The minimum Gasteiger partial charge on any atom is -0.354 e. The second-order valence-corrected chi connectivity index (χ2v) is 4.94. The van der Waals surface area contributed by atoms with Crippen molar-refractivity contribution in [2.45, 2.75) is 12.6 Å². The Morgan fingerprint density at radius 3 is 3.05 bits per heavy atom. The van der Waals surface area contributed by atoms with Crippen molar-refractivity contribution in [2.75, 3.05) is 18.0 Å². The molecular weight excluding hydrogens is 243 g/mol. The molecule has 0 radical (unpaired) electrons. The lowest BCUT2D eigenvalue weighted by atomic mass is 10.2. The van der Waals surface area contributed by atoms with Crippen molar-refractivity contribution in [1.29, 1.82) is 0 Å². The summed E-state index contributed by atoms with van der Waals surface area (Å²) < 4.78 is 13.3. The third-order valence-corrected chi connectivity index (χ3v) is 3.70. The molecule has 3 aromatic rings. The lowest BCUT2D eigenvalue weighted by molar-refractivity contribution is 0.364. The maximum absolute atomic E-state index is 13.3. The summed E-state index contributed by atoms with van der Waals surface area (Å²) in [4.78, 5) is 14.0. The van der Waals surface area contributed by atoms with Crippen LogP contribution < -0.4 is 4.90 Å². The molecule has 5 heteroatoms. The van der Waals surface area contributed by atoms with Gasteiger partial charge in [-0.15, -0.1) is 0 Å². The Bertz CT molecular complexity index is 751. The molecule has 0 amide bonds. The number of hydrogen-bond donors (Lipinski definition) is 1. The minimum atomic E-state index is -0.732. The van der Waals surface area contributed by atoms with Crippen molar-refractivity contribution < 1.29 is 4.39 Å². The first-order chi connectivity index (χ1) is 9.31. The average molecular weight is 256 g/mol. The molecule has 1 fully saturated rings. The number of aromatic amines is 1. The van der Waals surface area contributed by atoms with Crippen molar-refractivity contribution in [3.8, 4) is 0 Å². The lowest BCUT2D eigenvalue weighted by Gasteiger charge is -2.15. The number of rotatable bonds is 1. The van der Waals surface area contributed by atoms with E-state index in [0.29, 0.717) is 13.0 Å². The lowest BCUT2D eigenvalue weighted by Crippen LogP contribution is -2.20. The molecule has 19 heavy (non-hydrogen) atoms. The molecule has 4 nitrogen and oxygen atoms in total. The standard InChI is InChI=1S/C14H13FN4/c15-9-4-6-19(8-9)13-2-1-10-11-7-16-5-3-12(11)17-14(10)18-13/h1-3,5,7,9H,4,6,8H2,(H,17,18). The van der Waals surface area contributed by atoms with Crippen molar-refractivity contribution in [3.63, 3.8) is 0 Å². The zero-order valence-electron chi connectivity index (χ0n) is 10.3. The first kappa shape index (κ1) is 10.7. The molecule has 1 saturated heterocycles. The monoisotopic (exact) mass is 256 g/mol. The molecule has 1 unspecified atom stereocenters. The van der Waals surface area contributed by atoms with E-state index in [0.717, 1.165) is 34.3 Å². The van der Waals surface area contributed by atoms with Gasteiger partial charge in [-0.2, -0.15) is 0 Å². The number of H-pyrrole nitrogens is 1. The van der Waals surface area contributed by atoms with Gasteiger partial charge in [0.25, 0.3) is 0 Å². The van der Waals surface area contributed by atoms with Gasteiger partial charge in [-0.05, 0) is 24.6 Å². The van der Waals surface area contributed by atoms with Crippen LogP contribution in [-0.4, -0.2) is 34.2 Å². The van der Waals surface area contributed by atoms with Crippen LogP contribution in [0.1, 0.15) is 6.42 Å². The zero-order valence-corrected chi connectivity index (χ0v) is 10.3. The van der Waals surface area contributed by atoms with E-state index in [1.165, 1.54) is 0 Å². The molecule has 96 valence electrons. The highest BCUT2D eigenvalue weighted by molar-refractivity contribution is 6.05. The molecule has 0 bridgehead atoms. The van der Waals surface area contributed by atoms with Gasteiger partial charge in [-0.25, -0.2) is 9.37 Å². The fourth-order valence-electron chi connectivity index (χ4n) is 2.71. The first-order valence-corrected chi connectivity index (χ1v) is 6.43. The van der Waals surface area contributed by atoms with E-state index in [-0.39, 0.29) is 0 Å². The molecule has 3 aromatic heterocycles. The number of nitrogens with one attached hydrogen (secondary N) is 1. The summed E-state index contributed by atoms with van der Waals surface area (Å²) >= 11 is 0. The van der Waals surface area contributed by atoms with Crippen LogP contribution in [0.4, 0.5) is 10.2 Å². The summed E-state index contributed by atoms with van der Waals surface area (Å²) in [6.45, 7) is 1.18. The van der Waals surface area contributed by atoms with Gasteiger partial charge in [0.15, 0.2) is 0 Å². The minimum absolute atomic E-state index is 0.445. The number of nitrogens with zero attached hydrogens (tertiary/aromatic N) is 3. The Labute approximate surface area is 109 Å². The van der Waals surface area contributed by atoms with E-state index in [4.69, 9.17) is 0 Å². The van der Waals surface area contributed by atoms with Crippen LogP contribution in [0.5, 0.6) is 0 Å². The van der Waals surface area contributed by atoms with Gasteiger partial charge < -0.3 is 9.88 Å². The smallest absolute Gasteiger partial charge is 0.140 e. The van der Waals surface area contributed by atoms with Gasteiger partial charge in [-0.1, -0.05) is 0 Å². The SMILES string of the molecule is FC1CCN(c2ccc3c(n2)[nH]c2ccncc23)C1. The highest BCUT2D eigenvalue weighted by Gasteiger charge is 2.23. The molecule has 0 saturated carbocycles. The fraction of sp³-hybridized carbons (Fsp3) is 0.286. The number of halogens is 1. The molecule has 4 heterocycles. The number of alkyl halides is 1. The molecule has 0 spiro atoms. The van der Waals surface area contributed by atoms with E-state index in [1.807, 2.05) is 29.3 Å². The second-order valence-electron chi connectivity index (χ2n) is 4.94. The molecule has 1 N–H and O–H groups in total. The van der Waals surface area contributed by atoms with Gasteiger partial charge in [0.1, 0.15) is 17.6 Å². The average Bonchev–Trinajstić information content (AvgIpc) is 3.01. The van der Waals surface area contributed by atoms with E-state index in [2.05, 4.69) is 15.0 Å². The zero-order chi connectivity index (χ0) is 12.8. The van der Waals surface area contributed by atoms with Gasteiger partial charge in [0, 0.05) is 29.7 Å². The number of pyridine rings is 2. The molecule has 1 atom stereocenters. The van der Waals surface area contributed by atoms with Crippen LogP contribution in [0, 0.1) is 0 Å². The second kappa shape index (κ2) is 3.91. The predicted molar refractivity (Wildman–Crippen MR) is 73.1 cm³/mol. The van der Waals surface area contributed by atoms with E-state index < -0.39 is 6.17 Å². The highest BCUT2D eigenvalue weighted by Crippen LogP contribution is 2.27. The van der Waals surface area contributed by atoms with E-state index in [9.17, 15) is 4.39 Å². The summed E-state index contributed by atoms with van der Waals surface area (Å²) in [6, 6.07) is 5.93. The number of anilines is 1. The Balaban J connectivity index is 1.85. The van der Waals surface area contributed by atoms with Crippen LogP contribution in [0.25, 0.3) is 21.9 Å². The molecule has 0 aliphatic carbocycles. The summed E-state index contributed by atoms with van der Waals surface area (Å²) in [5.41, 5.74) is 1.86. The van der Waals surface area contributed by atoms with Crippen molar-refractivity contribution >= 4 is 27.8 Å². The van der Waals surface area contributed by atoms with Crippen molar-refractivity contribution in [2.24, 2.45) is 0 Å². The summed E-state index contributed by atoms with van der Waals surface area (Å²) in [5, 5.41) is 2.13. The fourth-order valence-corrected chi connectivity index (χ4v) is 2.71. The van der Waals surface area contributed by atoms with Crippen LogP contribution in [-0.2, 0) is 0 Å². The maximum Gasteiger partial charge on any atom is 0.140 e. The van der Waals surface area contributed by atoms with Gasteiger partial charge in [-0.3, -0.25) is 4.98 Å². The summed E-state index contributed by atoms with van der Waals surface area (Å²) in [6.07, 6.45) is 3.45. The number of aromatic nitrogens is 3. The topological polar surface area (TPSA) is 44.8 Å². The van der Waals surface area contributed by atoms with E-state index in [1.54, 1.807) is 6.20 Å². The highest BCUT2D eigenvalue weighted by atomic mass is 19.1. The third kappa shape index (κ3) is 1.65. The predicted octanol–water partition coefficient (Wildman–Crippen LogP) is 2.66. The normalized spacial score (nSPS) is 19.6. The van der Waals surface area contributed by atoms with Crippen LogP contribution in [0.3, 0.4) is 0 Å². The van der Waals surface area contributed by atoms with Crippen molar-refractivity contribution in [3.05, 3.63) is 30.6 Å². The molecule has 0 aromatic carbocycles. The molecule has 1 aliphatic rings. The van der Waals surface area contributed by atoms with Crippen LogP contribution in [0.2, 0.25) is 0 Å². The van der Waals surface area contributed by atoms with Gasteiger partial charge in [0.2, 0.25) is 0 Å². The largest absolute Gasteiger partial charge is 0.354 e. The molecular formula is C14H13FN4. The van der Waals surface area contributed by atoms with Gasteiger partial charge >= 0.3 is 0 Å². The molecule has 1 aliphatic heterocycles. The van der Waals surface area contributed by atoms with Crippen molar-refractivity contribution in [1.82, 2.24) is 15.0 Å². The first-order valence-electron chi connectivity index (χ1n) is 6.43. The Morgan fingerprint density at radius 2 is 2.21 bits per heavy atom. The van der Waals surface area contributed by atoms with Gasteiger partial charge in [0.05, 0.1) is 12.1 Å². The quantitative estimate of drug-likeness (QED) is 0.728. The Hall–Kier alpha value is -2.17. The number of hydrogen-bond acceptors (Lipinski definition) is 3. The molecule has 4 rings (SSSR count). The van der Waals surface area contributed by atoms with Crippen LogP contribution >= 0.6 is 0 Å².